The van der Waals surface area contributed by atoms with Crippen LogP contribution in [-0.2, 0) is 9.53 Å². The Kier molecular flexibility index (Phi) is 4.57. The van der Waals surface area contributed by atoms with Crippen LogP contribution >= 0.6 is 11.8 Å². The number of thioether (sulfide) groups is 1. The molecule has 0 fully saturated rings. The zero-order chi connectivity index (χ0) is 13.0. The normalized spacial score (nSPS) is 10.4. The SMILES string of the molecule is COC(=O)c1cc(SC(=O)C(C)C)ccc1N. The van der Waals surface area contributed by atoms with Gasteiger partial charge in [-0.3, -0.25) is 4.79 Å². The van der Waals surface area contributed by atoms with Crippen molar-refractivity contribution in [2.45, 2.75) is 18.7 Å². The first kappa shape index (κ1) is 13.6. The van der Waals surface area contributed by atoms with Crippen LogP contribution in [0.2, 0.25) is 0 Å². The van der Waals surface area contributed by atoms with Crippen molar-refractivity contribution in [1.29, 1.82) is 0 Å². The second-order valence-electron chi connectivity index (χ2n) is 3.82. The van der Waals surface area contributed by atoms with Crippen molar-refractivity contribution in [1.82, 2.24) is 0 Å². The Morgan fingerprint density at radius 1 is 1.35 bits per heavy atom. The maximum Gasteiger partial charge on any atom is 0.339 e. The summed E-state index contributed by atoms with van der Waals surface area (Å²) in [6.45, 7) is 3.65. The summed E-state index contributed by atoms with van der Waals surface area (Å²) < 4.78 is 4.61. The van der Waals surface area contributed by atoms with E-state index in [4.69, 9.17) is 5.73 Å². The molecule has 1 aromatic rings. The number of carbonyl (C=O) groups is 2. The second kappa shape index (κ2) is 5.72. The molecule has 1 rings (SSSR count). The molecule has 4 nitrogen and oxygen atoms in total. The summed E-state index contributed by atoms with van der Waals surface area (Å²) in [7, 11) is 1.29. The van der Waals surface area contributed by atoms with Gasteiger partial charge in [0.2, 0.25) is 0 Å². The number of rotatable bonds is 3. The van der Waals surface area contributed by atoms with Gasteiger partial charge in [-0.2, -0.15) is 0 Å². The number of hydrogen-bond donors (Lipinski definition) is 1. The molecule has 0 aliphatic rings. The number of anilines is 1. The van der Waals surface area contributed by atoms with Gasteiger partial charge in [-0.15, -0.1) is 0 Å². The molecule has 0 saturated heterocycles. The van der Waals surface area contributed by atoms with Gasteiger partial charge >= 0.3 is 5.97 Å². The van der Waals surface area contributed by atoms with E-state index >= 15 is 0 Å². The standard InChI is InChI=1S/C12H15NO3S/c1-7(2)12(15)17-8-4-5-10(13)9(6-8)11(14)16-3/h4-7H,13H2,1-3H3. The third-order valence-electron chi connectivity index (χ3n) is 2.12. The van der Waals surface area contributed by atoms with E-state index in [0.29, 0.717) is 10.6 Å². The van der Waals surface area contributed by atoms with E-state index in [2.05, 4.69) is 4.74 Å². The van der Waals surface area contributed by atoms with Crippen molar-refractivity contribution in [3.8, 4) is 0 Å². The third kappa shape index (κ3) is 3.49. The fourth-order valence-electron chi connectivity index (χ4n) is 1.12. The molecule has 0 unspecified atom stereocenters. The van der Waals surface area contributed by atoms with E-state index in [-0.39, 0.29) is 16.6 Å². The summed E-state index contributed by atoms with van der Waals surface area (Å²) in [6, 6.07) is 4.89. The van der Waals surface area contributed by atoms with E-state index in [9.17, 15) is 9.59 Å². The molecule has 0 spiro atoms. The summed E-state index contributed by atoms with van der Waals surface area (Å²) >= 11 is 1.10. The molecule has 0 amide bonds. The van der Waals surface area contributed by atoms with Crippen LogP contribution in [0.4, 0.5) is 5.69 Å². The molecule has 0 aromatic heterocycles. The lowest BCUT2D eigenvalue weighted by Crippen LogP contribution is -2.06. The number of ether oxygens (including phenoxy) is 1. The quantitative estimate of drug-likeness (QED) is 0.508. The molecular weight excluding hydrogens is 238 g/mol. The van der Waals surface area contributed by atoms with E-state index in [1.54, 1.807) is 18.2 Å². The zero-order valence-corrected chi connectivity index (χ0v) is 10.8. The number of benzene rings is 1. The number of methoxy groups -OCH3 is 1. The lowest BCUT2D eigenvalue weighted by atomic mass is 10.2. The minimum absolute atomic E-state index is 0.0468. The van der Waals surface area contributed by atoms with Crippen molar-refractivity contribution in [3.05, 3.63) is 23.8 Å². The molecule has 1 aromatic carbocycles. The van der Waals surface area contributed by atoms with E-state index in [1.807, 2.05) is 13.8 Å². The highest BCUT2D eigenvalue weighted by atomic mass is 32.2. The van der Waals surface area contributed by atoms with Gasteiger partial charge in [-0.25, -0.2) is 4.79 Å². The molecule has 0 heterocycles. The van der Waals surface area contributed by atoms with Crippen molar-refractivity contribution in [2.24, 2.45) is 5.92 Å². The average Bonchev–Trinajstić information content (AvgIpc) is 2.30. The third-order valence-corrected chi connectivity index (χ3v) is 3.28. The topological polar surface area (TPSA) is 69.4 Å². The smallest absolute Gasteiger partial charge is 0.339 e. The molecule has 0 aliphatic heterocycles. The number of carbonyl (C=O) groups excluding carboxylic acids is 2. The van der Waals surface area contributed by atoms with Gasteiger partial charge in [0.05, 0.1) is 12.7 Å². The minimum atomic E-state index is -0.498. The summed E-state index contributed by atoms with van der Waals surface area (Å²) in [6.07, 6.45) is 0. The molecule has 2 N–H and O–H groups in total. The molecule has 0 saturated carbocycles. The first-order chi connectivity index (χ1) is 7.95. The summed E-state index contributed by atoms with van der Waals surface area (Å²) in [5.74, 6) is -0.555. The molecular formula is C12H15NO3S. The molecule has 17 heavy (non-hydrogen) atoms. The monoisotopic (exact) mass is 253 g/mol. The first-order valence-electron chi connectivity index (χ1n) is 5.15. The zero-order valence-electron chi connectivity index (χ0n) is 10.0. The van der Waals surface area contributed by atoms with Gasteiger partial charge in [0.1, 0.15) is 0 Å². The van der Waals surface area contributed by atoms with Crippen LogP contribution in [0.3, 0.4) is 0 Å². The van der Waals surface area contributed by atoms with Gasteiger partial charge in [-0.1, -0.05) is 25.6 Å². The Hall–Kier alpha value is -1.49. The Morgan fingerprint density at radius 2 is 2.00 bits per heavy atom. The number of esters is 1. The number of nitrogen functional groups attached to an aromatic ring is 1. The molecule has 0 atom stereocenters. The predicted octanol–water partition coefficient (Wildman–Crippen LogP) is 2.33. The van der Waals surface area contributed by atoms with Crippen molar-refractivity contribution in [2.75, 3.05) is 12.8 Å². The van der Waals surface area contributed by atoms with Crippen LogP contribution in [0.1, 0.15) is 24.2 Å². The lowest BCUT2D eigenvalue weighted by molar-refractivity contribution is -0.113. The van der Waals surface area contributed by atoms with Gasteiger partial charge in [-0.05, 0) is 18.2 Å². The summed E-state index contributed by atoms with van der Waals surface area (Å²) in [5, 5.41) is 0.0468. The number of hydrogen-bond acceptors (Lipinski definition) is 5. The Morgan fingerprint density at radius 3 is 2.53 bits per heavy atom. The van der Waals surface area contributed by atoms with Gasteiger partial charge in [0.15, 0.2) is 5.12 Å². The van der Waals surface area contributed by atoms with E-state index in [1.165, 1.54) is 7.11 Å². The highest BCUT2D eigenvalue weighted by molar-refractivity contribution is 8.13. The van der Waals surface area contributed by atoms with Crippen LogP contribution in [0.5, 0.6) is 0 Å². The lowest BCUT2D eigenvalue weighted by Gasteiger charge is -2.07. The minimum Gasteiger partial charge on any atom is -0.465 e. The van der Waals surface area contributed by atoms with E-state index in [0.717, 1.165) is 11.8 Å². The number of nitrogens with two attached hydrogens (primary N) is 1. The first-order valence-corrected chi connectivity index (χ1v) is 5.97. The molecule has 0 radical (unpaired) electrons. The van der Waals surface area contributed by atoms with Crippen LogP contribution in [0.25, 0.3) is 0 Å². The largest absolute Gasteiger partial charge is 0.465 e. The maximum atomic E-state index is 11.6. The highest BCUT2D eigenvalue weighted by Gasteiger charge is 2.14. The second-order valence-corrected chi connectivity index (χ2v) is 4.89. The van der Waals surface area contributed by atoms with Gasteiger partial charge < -0.3 is 10.5 Å². The van der Waals surface area contributed by atoms with Crippen molar-refractivity contribution < 1.29 is 14.3 Å². The Labute approximate surface area is 105 Å². The average molecular weight is 253 g/mol. The van der Waals surface area contributed by atoms with E-state index < -0.39 is 5.97 Å². The van der Waals surface area contributed by atoms with Crippen LogP contribution < -0.4 is 5.73 Å². The molecule has 0 aliphatic carbocycles. The predicted molar refractivity (Wildman–Crippen MR) is 67.9 cm³/mol. The van der Waals surface area contributed by atoms with Crippen LogP contribution in [-0.4, -0.2) is 18.2 Å². The highest BCUT2D eigenvalue weighted by Crippen LogP contribution is 2.26. The van der Waals surface area contributed by atoms with Gasteiger partial charge in [0.25, 0.3) is 0 Å². The summed E-state index contributed by atoms with van der Waals surface area (Å²) in [5.41, 5.74) is 6.29. The fourth-order valence-corrected chi connectivity index (χ4v) is 1.90. The van der Waals surface area contributed by atoms with Gasteiger partial charge in [0, 0.05) is 16.5 Å². The summed E-state index contributed by atoms with van der Waals surface area (Å²) in [4.78, 5) is 23.7. The Bertz CT molecular complexity index is 443. The Balaban J connectivity index is 2.97. The maximum absolute atomic E-state index is 11.6. The molecule has 0 bridgehead atoms. The van der Waals surface area contributed by atoms with Crippen LogP contribution in [0.15, 0.2) is 23.1 Å². The van der Waals surface area contributed by atoms with Crippen LogP contribution in [0, 0.1) is 5.92 Å². The molecule has 92 valence electrons. The molecule has 5 heteroatoms. The fraction of sp³-hybridized carbons (Fsp3) is 0.333. The van der Waals surface area contributed by atoms with Crippen molar-refractivity contribution in [3.63, 3.8) is 0 Å². The van der Waals surface area contributed by atoms with Crippen molar-refractivity contribution >= 4 is 28.5 Å².